The summed E-state index contributed by atoms with van der Waals surface area (Å²) < 4.78 is 16.2. The molecule has 1 amide bonds. The van der Waals surface area contributed by atoms with Crippen molar-refractivity contribution in [1.82, 2.24) is 4.90 Å². The van der Waals surface area contributed by atoms with Crippen molar-refractivity contribution >= 4 is 11.6 Å². The van der Waals surface area contributed by atoms with Crippen LogP contribution in [0.25, 0.3) is 0 Å². The molecule has 0 spiro atoms. The minimum absolute atomic E-state index is 0.00480. The number of aliphatic hydroxyl groups is 1. The monoisotopic (exact) mass is 458 g/mol. The first-order valence-electron chi connectivity index (χ1n) is 11.5. The highest BCUT2D eigenvalue weighted by Crippen LogP contribution is 2.49. The van der Waals surface area contributed by atoms with E-state index in [1.165, 1.54) is 0 Å². The summed E-state index contributed by atoms with van der Waals surface area (Å²) in [5.41, 5.74) is 3.75. The van der Waals surface area contributed by atoms with Crippen LogP contribution in [0.3, 0.4) is 0 Å². The third kappa shape index (κ3) is 3.31. The van der Waals surface area contributed by atoms with Crippen LogP contribution in [0.4, 0.5) is 5.69 Å². The molecule has 3 aliphatic rings. The Kier molecular flexibility index (Phi) is 5.16. The maximum Gasteiger partial charge on any atom is 0.258 e. The van der Waals surface area contributed by atoms with Crippen molar-refractivity contribution in [2.75, 3.05) is 32.0 Å². The molecule has 0 unspecified atom stereocenters. The summed E-state index contributed by atoms with van der Waals surface area (Å²) in [6.45, 7) is 1.53. The lowest BCUT2D eigenvalue weighted by molar-refractivity contribution is -0.0488. The van der Waals surface area contributed by atoms with E-state index >= 15 is 0 Å². The molecule has 1 N–H and O–H groups in total. The summed E-state index contributed by atoms with van der Waals surface area (Å²) >= 11 is 0. The molecule has 3 atom stereocenters. The second-order valence-corrected chi connectivity index (χ2v) is 8.91. The van der Waals surface area contributed by atoms with Crippen LogP contribution >= 0.6 is 0 Å². The van der Waals surface area contributed by atoms with Gasteiger partial charge < -0.3 is 24.2 Å². The number of carbonyl (C=O) groups is 1. The number of carbonyl (C=O) groups excluding carboxylic acids is 1. The average Bonchev–Trinajstić information content (AvgIpc) is 3.35. The van der Waals surface area contributed by atoms with E-state index in [9.17, 15) is 9.90 Å². The third-order valence-corrected chi connectivity index (χ3v) is 7.21. The number of likely N-dealkylation sites (tertiary alicyclic amines) is 1. The molecule has 0 aliphatic carbocycles. The first-order chi connectivity index (χ1) is 16.7. The van der Waals surface area contributed by atoms with Crippen molar-refractivity contribution < 1.29 is 24.1 Å². The van der Waals surface area contributed by atoms with Crippen LogP contribution in [-0.2, 0) is 6.54 Å². The maximum atomic E-state index is 13.6. The average molecular weight is 459 g/mol. The second-order valence-electron chi connectivity index (χ2n) is 8.91. The number of amides is 1. The van der Waals surface area contributed by atoms with Gasteiger partial charge in [0.2, 0.25) is 6.79 Å². The predicted molar refractivity (Wildman–Crippen MR) is 127 cm³/mol. The number of para-hydroxylation sites is 1. The Balaban J connectivity index is 1.31. The van der Waals surface area contributed by atoms with E-state index in [0.717, 1.165) is 34.1 Å². The first kappa shape index (κ1) is 21.0. The molecule has 3 aliphatic heterocycles. The molecule has 0 bridgehead atoms. The normalized spacial score (nSPS) is 22.5. The number of methoxy groups -OCH3 is 1. The molecular weight excluding hydrogens is 432 g/mol. The molecular formula is C27H26N2O5. The van der Waals surface area contributed by atoms with Gasteiger partial charge in [-0.15, -0.1) is 0 Å². The fourth-order valence-corrected chi connectivity index (χ4v) is 5.53. The standard InChI is InChI=1S/C27H26N2O5/c1-32-19-9-7-18(8-10-19)27(31)29-14-22-26(20-4-2-3-5-21(20)29)23(15-30)28(22)13-17-6-11-24-25(12-17)34-16-33-24/h2-12,22-23,26,30H,13-16H2,1H3/t22-,23-,26+/m0/s1. The van der Waals surface area contributed by atoms with E-state index in [-0.39, 0.29) is 37.3 Å². The lowest BCUT2D eigenvalue weighted by Gasteiger charge is -2.59. The Morgan fingerprint density at radius 3 is 2.65 bits per heavy atom. The smallest absolute Gasteiger partial charge is 0.258 e. The Labute approximate surface area is 198 Å². The molecule has 174 valence electrons. The molecule has 6 rings (SSSR count). The number of rotatable bonds is 5. The third-order valence-electron chi connectivity index (χ3n) is 7.21. The van der Waals surface area contributed by atoms with Crippen molar-refractivity contribution in [2.24, 2.45) is 0 Å². The van der Waals surface area contributed by atoms with Gasteiger partial charge >= 0.3 is 0 Å². The predicted octanol–water partition coefficient (Wildman–Crippen LogP) is 3.41. The summed E-state index contributed by atoms with van der Waals surface area (Å²) in [6, 6.07) is 21.3. The van der Waals surface area contributed by atoms with E-state index in [1.807, 2.05) is 53.4 Å². The molecule has 7 nitrogen and oxygen atoms in total. The van der Waals surface area contributed by atoms with Crippen LogP contribution in [-0.4, -0.2) is 55.1 Å². The Morgan fingerprint density at radius 2 is 1.85 bits per heavy atom. The quantitative estimate of drug-likeness (QED) is 0.632. The minimum atomic E-state index is -0.0379. The Bertz CT molecular complexity index is 1230. The fraction of sp³-hybridized carbons (Fsp3) is 0.296. The van der Waals surface area contributed by atoms with Crippen molar-refractivity contribution in [2.45, 2.75) is 24.5 Å². The zero-order valence-electron chi connectivity index (χ0n) is 18.9. The van der Waals surface area contributed by atoms with Crippen molar-refractivity contribution in [1.29, 1.82) is 0 Å². The van der Waals surface area contributed by atoms with Crippen molar-refractivity contribution in [3.05, 3.63) is 83.4 Å². The lowest BCUT2D eigenvalue weighted by Crippen LogP contribution is -2.68. The molecule has 0 radical (unpaired) electrons. The second kappa shape index (κ2) is 8.34. The van der Waals surface area contributed by atoms with Crippen LogP contribution in [0.15, 0.2) is 66.7 Å². The molecule has 0 saturated carbocycles. The SMILES string of the molecule is COc1ccc(C(=O)N2C[C@H]3[C@@H](c4ccccc42)[C@H](CO)N3Cc2ccc3c(c2)OCO3)cc1. The Morgan fingerprint density at radius 1 is 1.06 bits per heavy atom. The highest BCUT2D eigenvalue weighted by molar-refractivity contribution is 6.07. The van der Waals surface area contributed by atoms with E-state index in [0.29, 0.717) is 18.7 Å². The number of fused-ring (bicyclic) bond motifs is 4. The topological polar surface area (TPSA) is 71.5 Å². The number of aliphatic hydroxyl groups excluding tert-OH is 1. The summed E-state index contributed by atoms with van der Waals surface area (Å²) in [5.74, 6) is 2.36. The summed E-state index contributed by atoms with van der Waals surface area (Å²) in [7, 11) is 1.61. The summed E-state index contributed by atoms with van der Waals surface area (Å²) in [4.78, 5) is 17.7. The summed E-state index contributed by atoms with van der Waals surface area (Å²) in [6.07, 6.45) is 0. The molecule has 0 aromatic heterocycles. The van der Waals surface area contributed by atoms with Crippen LogP contribution in [0, 0.1) is 0 Å². The largest absolute Gasteiger partial charge is 0.497 e. The molecule has 7 heteroatoms. The minimum Gasteiger partial charge on any atom is -0.497 e. The maximum absolute atomic E-state index is 13.6. The van der Waals surface area contributed by atoms with Gasteiger partial charge in [-0.1, -0.05) is 24.3 Å². The van der Waals surface area contributed by atoms with E-state index in [4.69, 9.17) is 14.2 Å². The van der Waals surface area contributed by atoms with Gasteiger partial charge in [0.05, 0.1) is 13.7 Å². The molecule has 3 heterocycles. The fourth-order valence-electron chi connectivity index (χ4n) is 5.53. The van der Waals surface area contributed by atoms with E-state index in [1.54, 1.807) is 19.2 Å². The number of benzene rings is 3. The van der Waals surface area contributed by atoms with Crippen LogP contribution in [0.1, 0.15) is 27.4 Å². The molecule has 3 aromatic carbocycles. The molecule has 3 aromatic rings. The van der Waals surface area contributed by atoms with Crippen molar-refractivity contribution in [3.63, 3.8) is 0 Å². The van der Waals surface area contributed by atoms with Gasteiger partial charge in [0.15, 0.2) is 11.5 Å². The van der Waals surface area contributed by atoms with E-state index in [2.05, 4.69) is 11.0 Å². The molecule has 1 fully saturated rings. The lowest BCUT2D eigenvalue weighted by atomic mass is 9.71. The van der Waals surface area contributed by atoms with Gasteiger partial charge in [-0.3, -0.25) is 9.69 Å². The van der Waals surface area contributed by atoms with Crippen LogP contribution < -0.4 is 19.1 Å². The number of hydrogen-bond donors (Lipinski definition) is 1. The number of hydrogen-bond acceptors (Lipinski definition) is 6. The number of anilines is 1. The zero-order chi connectivity index (χ0) is 23.2. The number of nitrogens with zero attached hydrogens (tertiary/aromatic N) is 2. The highest BCUT2D eigenvalue weighted by atomic mass is 16.7. The highest BCUT2D eigenvalue weighted by Gasteiger charge is 2.53. The van der Waals surface area contributed by atoms with Gasteiger partial charge in [-0.05, 0) is 53.6 Å². The Hall–Kier alpha value is -3.55. The van der Waals surface area contributed by atoms with Gasteiger partial charge in [-0.25, -0.2) is 0 Å². The molecule has 1 saturated heterocycles. The van der Waals surface area contributed by atoms with Gasteiger partial charge in [0, 0.05) is 42.3 Å². The van der Waals surface area contributed by atoms with Crippen molar-refractivity contribution in [3.8, 4) is 17.2 Å². The van der Waals surface area contributed by atoms with Gasteiger partial charge in [0.1, 0.15) is 5.75 Å². The van der Waals surface area contributed by atoms with Crippen LogP contribution in [0.5, 0.6) is 17.2 Å². The molecule has 34 heavy (non-hydrogen) atoms. The number of ether oxygens (including phenoxy) is 3. The van der Waals surface area contributed by atoms with E-state index < -0.39 is 0 Å². The van der Waals surface area contributed by atoms with Gasteiger partial charge in [0.25, 0.3) is 5.91 Å². The van der Waals surface area contributed by atoms with Crippen LogP contribution in [0.2, 0.25) is 0 Å². The summed E-state index contributed by atoms with van der Waals surface area (Å²) in [5, 5.41) is 10.3. The van der Waals surface area contributed by atoms with Gasteiger partial charge in [-0.2, -0.15) is 0 Å². The first-order valence-corrected chi connectivity index (χ1v) is 11.5. The zero-order valence-corrected chi connectivity index (χ0v) is 18.9.